The number of anilines is 1. The summed E-state index contributed by atoms with van der Waals surface area (Å²) < 4.78 is 1.35. The second-order valence-electron chi connectivity index (χ2n) is 6.36. The van der Waals surface area contributed by atoms with Gasteiger partial charge in [0.15, 0.2) is 5.69 Å². The third kappa shape index (κ3) is 4.78. The van der Waals surface area contributed by atoms with Gasteiger partial charge in [-0.1, -0.05) is 53.7 Å². The van der Waals surface area contributed by atoms with Crippen molar-refractivity contribution in [2.24, 2.45) is 0 Å². The zero-order valence-electron chi connectivity index (χ0n) is 15.3. The molecule has 7 nitrogen and oxygen atoms in total. The standard InChI is InChI=1S/C20H21N5O2/c1-24(2)19(26)14-25-13-18(22-23-25)20(27)21-17-11-7-6-10-16(17)12-15-8-4-3-5-9-15/h3-11,13H,12,14H2,1-2H3,(H,21,27). The molecule has 0 saturated heterocycles. The first-order valence-electron chi connectivity index (χ1n) is 8.56. The molecule has 1 heterocycles. The van der Waals surface area contributed by atoms with Crippen molar-refractivity contribution in [1.29, 1.82) is 0 Å². The molecular formula is C20H21N5O2. The van der Waals surface area contributed by atoms with E-state index in [1.165, 1.54) is 15.8 Å². The van der Waals surface area contributed by atoms with E-state index < -0.39 is 0 Å². The number of likely N-dealkylation sites (N-methyl/N-ethyl adjacent to an activating group) is 1. The van der Waals surface area contributed by atoms with Crippen LogP contribution in [0.4, 0.5) is 5.69 Å². The highest BCUT2D eigenvalue weighted by Gasteiger charge is 2.14. The molecule has 3 aromatic rings. The lowest BCUT2D eigenvalue weighted by Gasteiger charge is -2.10. The van der Waals surface area contributed by atoms with Gasteiger partial charge in [-0.3, -0.25) is 9.59 Å². The summed E-state index contributed by atoms with van der Waals surface area (Å²) in [6, 6.07) is 17.7. The van der Waals surface area contributed by atoms with Crippen molar-refractivity contribution < 1.29 is 9.59 Å². The van der Waals surface area contributed by atoms with E-state index in [4.69, 9.17) is 0 Å². The molecule has 3 rings (SSSR count). The molecule has 0 aliphatic rings. The number of benzene rings is 2. The third-order valence-corrected chi connectivity index (χ3v) is 4.07. The first kappa shape index (κ1) is 18.3. The molecule has 1 N–H and O–H groups in total. The van der Waals surface area contributed by atoms with Crippen molar-refractivity contribution in [3.63, 3.8) is 0 Å². The van der Waals surface area contributed by atoms with Crippen molar-refractivity contribution in [3.8, 4) is 0 Å². The lowest BCUT2D eigenvalue weighted by atomic mass is 10.0. The largest absolute Gasteiger partial charge is 0.347 e. The molecule has 0 bridgehead atoms. The topological polar surface area (TPSA) is 80.1 Å². The van der Waals surface area contributed by atoms with Gasteiger partial charge in [-0.25, -0.2) is 4.68 Å². The molecule has 1 aromatic heterocycles. The maximum absolute atomic E-state index is 12.5. The van der Waals surface area contributed by atoms with Crippen LogP contribution in [-0.4, -0.2) is 45.8 Å². The number of aromatic nitrogens is 3. The number of rotatable bonds is 6. The van der Waals surface area contributed by atoms with Crippen LogP contribution in [0.5, 0.6) is 0 Å². The Kier molecular flexibility index (Phi) is 5.61. The Morgan fingerprint density at radius 1 is 1.04 bits per heavy atom. The number of nitrogens with zero attached hydrogens (tertiary/aromatic N) is 4. The van der Waals surface area contributed by atoms with Crippen LogP contribution in [0.1, 0.15) is 21.6 Å². The predicted molar refractivity (Wildman–Crippen MR) is 102 cm³/mol. The average molecular weight is 363 g/mol. The van der Waals surface area contributed by atoms with Gasteiger partial charge < -0.3 is 10.2 Å². The number of nitrogens with one attached hydrogen (secondary N) is 1. The van der Waals surface area contributed by atoms with E-state index in [0.29, 0.717) is 6.42 Å². The number of carbonyl (C=O) groups excluding carboxylic acids is 2. The SMILES string of the molecule is CN(C)C(=O)Cn1cc(C(=O)Nc2ccccc2Cc2ccccc2)nn1. The summed E-state index contributed by atoms with van der Waals surface area (Å²) in [6.07, 6.45) is 2.18. The third-order valence-electron chi connectivity index (χ3n) is 4.07. The summed E-state index contributed by atoms with van der Waals surface area (Å²) in [5, 5.41) is 10.6. The van der Waals surface area contributed by atoms with Gasteiger partial charge in [-0.05, 0) is 23.6 Å². The van der Waals surface area contributed by atoms with Gasteiger partial charge in [-0.15, -0.1) is 5.10 Å². The van der Waals surface area contributed by atoms with Crippen LogP contribution in [0, 0.1) is 0 Å². The maximum Gasteiger partial charge on any atom is 0.277 e. The first-order valence-corrected chi connectivity index (χ1v) is 8.56. The highest BCUT2D eigenvalue weighted by Crippen LogP contribution is 2.19. The zero-order valence-corrected chi connectivity index (χ0v) is 15.3. The molecule has 0 saturated carbocycles. The molecule has 27 heavy (non-hydrogen) atoms. The van der Waals surface area contributed by atoms with Gasteiger partial charge >= 0.3 is 0 Å². The summed E-state index contributed by atoms with van der Waals surface area (Å²) in [5.41, 5.74) is 3.06. The van der Waals surface area contributed by atoms with Crippen LogP contribution in [0.2, 0.25) is 0 Å². The second-order valence-corrected chi connectivity index (χ2v) is 6.36. The average Bonchev–Trinajstić information content (AvgIpc) is 3.13. The molecule has 7 heteroatoms. The summed E-state index contributed by atoms with van der Waals surface area (Å²) in [4.78, 5) is 25.7. The van der Waals surface area contributed by atoms with E-state index in [0.717, 1.165) is 16.8 Å². The summed E-state index contributed by atoms with van der Waals surface area (Å²) >= 11 is 0. The molecule has 0 fully saturated rings. The van der Waals surface area contributed by atoms with Crippen molar-refractivity contribution in [2.45, 2.75) is 13.0 Å². The lowest BCUT2D eigenvalue weighted by Crippen LogP contribution is -2.26. The fraction of sp³-hybridized carbons (Fsp3) is 0.200. The van der Waals surface area contributed by atoms with Gasteiger partial charge in [0.25, 0.3) is 5.91 Å². The number of para-hydroxylation sites is 1. The van der Waals surface area contributed by atoms with E-state index in [1.54, 1.807) is 14.1 Å². The monoisotopic (exact) mass is 363 g/mol. The van der Waals surface area contributed by atoms with Crippen LogP contribution >= 0.6 is 0 Å². The second kappa shape index (κ2) is 8.27. The highest BCUT2D eigenvalue weighted by molar-refractivity contribution is 6.03. The fourth-order valence-electron chi connectivity index (χ4n) is 2.56. The quantitative estimate of drug-likeness (QED) is 0.728. The first-order chi connectivity index (χ1) is 13.0. The molecule has 0 atom stereocenters. The predicted octanol–water partition coefficient (Wildman–Crippen LogP) is 2.21. The summed E-state index contributed by atoms with van der Waals surface area (Å²) in [7, 11) is 3.33. The molecule has 2 amide bonds. The Balaban J connectivity index is 1.71. The minimum atomic E-state index is -0.362. The number of hydrogen-bond donors (Lipinski definition) is 1. The number of hydrogen-bond acceptors (Lipinski definition) is 4. The Morgan fingerprint density at radius 3 is 2.48 bits per heavy atom. The van der Waals surface area contributed by atoms with Crippen molar-refractivity contribution in [3.05, 3.63) is 77.6 Å². The van der Waals surface area contributed by atoms with Crippen LogP contribution < -0.4 is 5.32 Å². The molecule has 0 radical (unpaired) electrons. The number of carbonyl (C=O) groups is 2. The lowest BCUT2D eigenvalue weighted by molar-refractivity contribution is -0.129. The van der Waals surface area contributed by atoms with E-state index in [2.05, 4.69) is 15.6 Å². The van der Waals surface area contributed by atoms with Gasteiger partial charge in [0, 0.05) is 19.8 Å². The van der Waals surface area contributed by atoms with Crippen molar-refractivity contribution in [1.82, 2.24) is 19.9 Å². The van der Waals surface area contributed by atoms with Crippen LogP contribution in [0.15, 0.2) is 60.8 Å². The van der Waals surface area contributed by atoms with Crippen LogP contribution in [-0.2, 0) is 17.8 Å². The van der Waals surface area contributed by atoms with Gasteiger partial charge in [-0.2, -0.15) is 0 Å². The molecular weight excluding hydrogens is 342 g/mol. The Labute approximate surface area is 157 Å². The fourth-order valence-corrected chi connectivity index (χ4v) is 2.56. The smallest absolute Gasteiger partial charge is 0.277 e. The maximum atomic E-state index is 12.5. The highest BCUT2D eigenvalue weighted by atomic mass is 16.2. The Hall–Kier alpha value is -3.48. The summed E-state index contributed by atoms with van der Waals surface area (Å²) in [5.74, 6) is -0.487. The van der Waals surface area contributed by atoms with E-state index >= 15 is 0 Å². The normalized spacial score (nSPS) is 10.4. The molecule has 0 unspecified atom stereocenters. The van der Waals surface area contributed by atoms with Gasteiger partial charge in [0.1, 0.15) is 6.54 Å². The van der Waals surface area contributed by atoms with Crippen LogP contribution in [0.25, 0.3) is 0 Å². The molecule has 0 spiro atoms. The molecule has 0 aliphatic heterocycles. The molecule has 138 valence electrons. The minimum Gasteiger partial charge on any atom is -0.347 e. The summed E-state index contributed by atoms with van der Waals surface area (Å²) in [6.45, 7) is 0.0396. The van der Waals surface area contributed by atoms with E-state index in [1.807, 2.05) is 54.6 Å². The molecule has 0 aliphatic carbocycles. The van der Waals surface area contributed by atoms with Crippen LogP contribution in [0.3, 0.4) is 0 Å². The van der Waals surface area contributed by atoms with Crippen molar-refractivity contribution >= 4 is 17.5 Å². The minimum absolute atomic E-state index is 0.0396. The number of amides is 2. The van der Waals surface area contributed by atoms with Gasteiger partial charge in [0.05, 0.1) is 6.20 Å². The Bertz CT molecular complexity index is 934. The zero-order chi connectivity index (χ0) is 19.2. The van der Waals surface area contributed by atoms with E-state index in [9.17, 15) is 9.59 Å². The molecule has 2 aromatic carbocycles. The van der Waals surface area contributed by atoms with Gasteiger partial charge in [0.2, 0.25) is 5.91 Å². The van der Waals surface area contributed by atoms with Crippen molar-refractivity contribution in [2.75, 3.05) is 19.4 Å². The Morgan fingerprint density at radius 2 is 1.74 bits per heavy atom. The van der Waals surface area contributed by atoms with E-state index in [-0.39, 0.29) is 24.1 Å².